The summed E-state index contributed by atoms with van der Waals surface area (Å²) in [4.78, 5) is 15.0. The van der Waals surface area contributed by atoms with Crippen molar-refractivity contribution in [1.82, 2.24) is 10.2 Å². The molecule has 1 saturated heterocycles. The fraction of sp³-hybridized carbons (Fsp3) is 0.588. The van der Waals surface area contributed by atoms with Gasteiger partial charge in [0.1, 0.15) is 0 Å². The summed E-state index contributed by atoms with van der Waals surface area (Å²) in [7, 11) is 2.08. The van der Waals surface area contributed by atoms with Crippen LogP contribution in [0.1, 0.15) is 25.3 Å². The highest BCUT2D eigenvalue weighted by Gasteiger charge is 2.51. The Bertz CT molecular complexity index is 542. The van der Waals surface area contributed by atoms with Crippen LogP contribution in [0.4, 0.5) is 0 Å². The summed E-state index contributed by atoms with van der Waals surface area (Å²) in [6.45, 7) is 4.56. The molecule has 5 heteroatoms. The minimum Gasteiger partial charge on any atom is -0.373 e. The number of halogens is 1. The van der Waals surface area contributed by atoms with Crippen LogP contribution >= 0.6 is 11.6 Å². The first-order chi connectivity index (χ1) is 10.5. The third-order valence-electron chi connectivity index (χ3n) is 4.79. The maximum absolute atomic E-state index is 12.7. The number of carbonyl (C=O) groups excluding carboxylic acids is 1. The lowest BCUT2D eigenvalue weighted by atomic mass is 9.94. The van der Waals surface area contributed by atoms with Crippen LogP contribution in [0.25, 0.3) is 0 Å². The van der Waals surface area contributed by atoms with Crippen LogP contribution in [0.2, 0.25) is 5.02 Å². The van der Waals surface area contributed by atoms with Crippen LogP contribution < -0.4 is 5.32 Å². The van der Waals surface area contributed by atoms with Gasteiger partial charge in [0, 0.05) is 18.1 Å². The first-order valence-corrected chi connectivity index (χ1v) is 8.26. The van der Waals surface area contributed by atoms with Gasteiger partial charge in [-0.15, -0.1) is 0 Å². The van der Waals surface area contributed by atoms with Gasteiger partial charge in [0.25, 0.3) is 0 Å². The van der Waals surface area contributed by atoms with Gasteiger partial charge in [-0.05, 0) is 44.5 Å². The van der Waals surface area contributed by atoms with Crippen LogP contribution in [-0.4, -0.2) is 49.7 Å². The van der Waals surface area contributed by atoms with Crippen molar-refractivity contribution in [2.24, 2.45) is 0 Å². The molecule has 120 valence electrons. The van der Waals surface area contributed by atoms with Crippen molar-refractivity contribution in [3.63, 3.8) is 0 Å². The first kappa shape index (κ1) is 15.8. The highest BCUT2D eigenvalue weighted by molar-refractivity contribution is 6.30. The minimum atomic E-state index is -0.362. The molecule has 0 radical (unpaired) electrons. The highest BCUT2D eigenvalue weighted by Crippen LogP contribution is 2.48. The summed E-state index contributed by atoms with van der Waals surface area (Å²) >= 11 is 5.94. The number of amides is 1. The van der Waals surface area contributed by atoms with Crippen LogP contribution in [0.5, 0.6) is 0 Å². The molecule has 1 heterocycles. The molecule has 1 aliphatic heterocycles. The fourth-order valence-corrected chi connectivity index (χ4v) is 3.22. The number of nitrogens with one attached hydrogen (secondary N) is 1. The summed E-state index contributed by atoms with van der Waals surface area (Å²) in [5, 5.41) is 3.86. The Morgan fingerprint density at radius 3 is 2.68 bits per heavy atom. The molecular formula is C17H23ClN2O2. The summed E-state index contributed by atoms with van der Waals surface area (Å²) < 4.78 is 5.79. The molecule has 0 unspecified atom stereocenters. The van der Waals surface area contributed by atoms with E-state index in [9.17, 15) is 4.79 Å². The van der Waals surface area contributed by atoms with Crippen molar-refractivity contribution >= 4 is 17.5 Å². The minimum absolute atomic E-state index is 0.0139. The van der Waals surface area contributed by atoms with Gasteiger partial charge >= 0.3 is 0 Å². The lowest BCUT2D eigenvalue weighted by molar-refractivity contribution is -0.126. The SMILES string of the molecule is C[C@@H](NC(=O)C1(c2ccc(Cl)cc2)CC1)[C@@H]1CN(C)CCO1. The number of benzene rings is 1. The van der Waals surface area contributed by atoms with E-state index in [2.05, 4.69) is 17.3 Å². The number of rotatable bonds is 4. The molecular weight excluding hydrogens is 300 g/mol. The monoisotopic (exact) mass is 322 g/mol. The van der Waals surface area contributed by atoms with Gasteiger partial charge in [0.2, 0.25) is 5.91 Å². The van der Waals surface area contributed by atoms with E-state index < -0.39 is 0 Å². The quantitative estimate of drug-likeness (QED) is 0.924. The standard InChI is InChI=1S/C17H23ClN2O2/c1-12(15-11-20(2)9-10-22-15)19-16(21)17(7-8-17)13-3-5-14(18)6-4-13/h3-6,12,15H,7-11H2,1-2H3,(H,19,21)/t12-,15+/m1/s1. The summed E-state index contributed by atoms with van der Waals surface area (Å²) in [5.74, 6) is 0.110. The van der Waals surface area contributed by atoms with E-state index in [1.807, 2.05) is 31.2 Å². The van der Waals surface area contributed by atoms with Gasteiger partial charge in [-0.2, -0.15) is 0 Å². The van der Waals surface area contributed by atoms with Gasteiger partial charge in [0.05, 0.1) is 24.2 Å². The average molecular weight is 323 g/mol. The van der Waals surface area contributed by atoms with Crippen molar-refractivity contribution in [3.05, 3.63) is 34.9 Å². The van der Waals surface area contributed by atoms with E-state index in [1.54, 1.807) is 0 Å². The zero-order chi connectivity index (χ0) is 15.7. The Labute approximate surface area is 136 Å². The molecule has 2 fully saturated rings. The maximum atomic E-state index is 12.7. The van der Waals surface area contributed by atoms with Gasteiger partial charge in [-0.25, -0.2) is 0 Å². The third-order valence-corrected chi connectivity index (χ3v) is 5.05. The summed E-state index contributed by atoms with van der Waals surface area (Å²) in [5.41, 5.74) is 0.697. The van der Waals surface area contributed by atoms with Crippen molar-refractivity contribution in [1.29, 1.82) is 0 Å². The van der Waals surface area contributed by atoms with Crippen molar-refractivity contribution < 1.29 is 9.53 Å². The zero-order valence-corrected chi connectivity index (χ0v) is 13.9. The number of hydrogen-bond acceptors (Lipinski definition) is 3. The molecule has 1 aromatic carbocycles. The molecule has 0 aromatic heterocycles. The number of ether oxygens (including phenoxy) is 1. The van der Waals surface area contributed by atoms with E-state index in [0.29, 0.717) is 5.02 Å². The molecule has 2 atom stereocenters. The molecule has 1 N–H and O–H groups in total. The first-order valence-electron chi connectivity index (χ1n) is 7.88. The number of likely N-dealkylation sites (N-methyl/N-ethyl adjacent to an activating group) is 1. The van der Waals surface area contributed by atoms with Gasteiger partial charge in [-0.3, -0.25) is 4.79 Å². The molecule has 0 spiro atoms. The maximum Gasteiger partial charge on any atom is 0.230 e. The van der Waals surface area contributed by atoms with Crippen molar-refractivity contribution in [2.75, 3.05) is 26.7 Å². The third kappa shape index (κ3) is 3.14. The van der Waals surface area contributed by atoms with Crippen molar-refractivity contribution in [2.45, 2.75) is 37.3 Å². The van der Waals surface area contributed by atoms with E-state index in [1.165, 1.54) is 0 Å². The average Bonchev–Trinajstić information content (AvgIpc) is 3.29. The predicted molar refractivity (Wildman–Crippen MR) is 87.2 cm³/mol. The Morgan fingerprint density at radius 1 is 1.41 bits per heavy atom. The second-order valence-corrected chi connectivity index (χ2v) is 6.96. The molecule has 22 heavy (non-hydrogen) atoms. The van der Waals surface area contributed by atoms with Crippen LogP contribution in [0.15, 0.2) is 24.3 Å². The zero-order valence-electron chi connectivity index (χ0n) is 13.1. The van der Waals surface area contributed by atoms with Crippen LogP contribution in [-0.2, 0) is 14.9 Å². The molecule has 4 nitrogen and oxygen atoms in total. The molecule has 1 aromatic rings. The Morgan fingerprint density at radius 2 is 2.09 bits per heavy atom. The van der Waals surface area contributed by atoms with E-state index in [-0.39, 0.29) is 23.5 Å². The normalized spacial score (nSPS) is 25.5. The highest BCUT2D eigenvalue weighted by atomic mass is 35.5. The second kappa shape index (κ2) is 6.19. The number of hydrogen-bond donors (Lipinski definition) is 1. The van der Waals surface area contributed by atoms with Crippen LogP contribution in [0.3, 0.4) is 0 Å². The predicted octanol–water partition coefficient (Wildman–Crippen LogP) is 2.21. The van der Waals surface area contributed by atoms with Gasteiger partial charge < -0.3 is 15.0 Å². The van der Waals surface area contributed by atoms with Gasteiger partial charge in [0.15, 0.2) is 0 Å². The smallest absolute Gasteiger partial charge is 0.230 e. The molecule has 1 aliphatic carbocycles. The number of nitrogens with zero attached hydrogens (tertiary/aromatic N) is 1. The molecule has 1 saturated carbocycles. The van der Waals surface area contributed by atoms with E-state index >= 15 is 0 Å². The van der Waals surface area contributed by atoms with Crippen molar-refractivity contribution in [3.8, 4) is 0 Å². The molecule has 0 bridgehead atoms. The Hall–Kier alpha value is -1.10. The topological polar surface area (TPSA) is 41.6 Å². The summed E-state index contributed by atoms with van der Waals surface area (Å²) in [6, 6.07) is 7.65. The lowest BCUT2D eigenvalue weighted by Crippen LogP contribution is -2.53. The second-order valence-electron chi connectivity index (χ2n) is 6.52. The van der Waals surface area contributed by atoms with Crippen LogP contribution in [0, 0.1) is 0 Å². The molecule has 1 amide bonds. The van der Waals surface area contributed by atoms with E-state index in [4.69, 9.17) is 16.3 Å². The lowest BCUT2D eigenvalue weighted by Gasteiger charge is -2.34. The molecule has 2 aliphatic rings. The fourth-order valence-electron chi connectivity index (χ4n) is 3.09. The Kier molecular flexibility index (Phi) is 4.44. The number of morpholine rings is 1. The van der Waals surface area contributed by atoms with E-state index in [0.717, 1.165) is 38.1 Å². The Balaban J connectivity index is 1.65. The summed E-state index contributed by atoms with van der Waals surface area (Å²) in [6.07, 6.45) is 1.86. The largest absolute Gasteiger partial charge is 0.373 e. The van der Waals surface area contributed by atoms with Gasteiger partial charge in [-0.1, -0.05) is 23.7 Å². The molecule has 3 rings (SSSR count). The number of carbonyl (C=O) groups is 1.